The van der Waals surface area contributed by atoms with Crippen molar-refractivity contribution < 1.29 is 17.9 Å². The summed E-state index contributed by atoms with van der Waals surface area (Å²) in [7, 11) is -3.74. The van der Waals surface area contributed by atoms with Crippen LogP contribution in [-0.2, 0) is 19.6 Å². The van der Waals surface area contributed by atoms with Crippen LogP contribution in [0.4, 0.5) is 5.69 Å². The van der Waals surface area contributed by atoms with E-state index in [-0.39, 0.29) is 29.3 Å². The number of hydrogen-bond donors (Lipinski definition) is 1. The molecule has 0 bridgehead atoms. The predicted molar refractivity (Wildman–Crippen MR) is 107 cm³/mol. The molecule has 2 heterocycles. The fourth-order valence-electron chi connectivity index (χ4n) is 3.04. The topological polar surface area (TPSA) is 75.7 Å². The minimum atomic E-state index is -3.74. The highest BCUT2D eigenvalue weighted by atomic mass is 32.2. The lowest BCUT2D eigenvalue weighted by atomic mass is 10.1. The van der Waals surface area contributed by atoms with E-state index in [2.05, 4.69) is 5.32 Å². The Morgan fingerprint density at radius 2 is 2.11 bits per heavy atom. The van der Waals surface area contributed by atoms with Crippen molar-refractivity contribution in [3.8, 4) is 0 Å². The summed E-state index contributed by atoms with van der Waals surface area (Å²) < 4.78 is 33.0. The molecule has 1 saturated heterocycles. The Balaban J connectivity index is 1.78. The number of aryl methyl sites for hydroxylation is 1. The fourth-order valence-corrected chi connectivity index (χ4v) is 5.61. The lowest BCUT2D eigenvalue weighted by Gasteiger charge is -2.24. The lowest BCUT2D eigenvalue weighted by Crippen LogP contribution is -2.42. The number of nitrogens with one attached hydrogen (secondary N) is 1. The van der Waals surface area contributed by atoms with Gasteiger partial charge in [-0.25, -0.2) is 8.42 Å². The summed E-state index contributed by atoms with van der Waals surface area (Å²) in [5.74, 6) is -0.359. The Morgan fingerprint density at radius 1 is 1.30 bits per heavy atom. The maximum atomic E-state index is 13.0. The fraction of sp³-hybridized carbons (Fsp3) is 0.421. The van der Waals surface area contributed by atoms with Gasteiger partial charge in [-0.15, -0.1) is 11.3 Å². The zero-order chi connectivity index (χ0) is 19.4. The van der Waals surface area contributed by atoms with E-state index in [1.54, 1.807) is 17.5 Å². The summed E-state index contributed by atoms with van der Waals surface area (Å²) in [6.45, 7) is 4.47. The number of rotatable bonds is 7. The molecule has 146 valence electrons. The molecule has 8 heteroatoms. The summed E-state index contributed by atoms with van der Waals surface area (Å²) in [6, 6.07) is 8.90. The molecule has 6 nitrogen and oxygen atoms in total. The number of thiophene rings is 1. The molecule has 27 heavy (non-hydrogen) atoms. The van der Waals surface area contributed by atoms with Gasteiger partial charge in [-0.2, -0.15) is 4.31 Å². The average Bonchev–Trinajstić information content (AvgIpc) is 3.32. The number of amides is 1. The number of sulfonamides is 1. The van der Waals surface area contributed by atoms with E-state index >= 15 is 0 Å². The first-order chi connectivity index (χ1) is 12.9. The quantitative estimate of drug-likeness (QED) is 0.763. The van der Waals surface area contributed by atoms with Crippen molar-refractivity contribution in [2.45, 2.75) is 37.0 Å². The van der Waals surface area contributed by atoms with Crippen LogP contribution >= 0.6 is 11.3 Å². The standard InChI is InChI=1S/C19H24N2O4S2/c1-14-6-3-8-17(15(14)2)20-18(22)13-21(12-16-7-4-10-25-16)27(23,24)19-9-5-11-26-19/h3,5-6,8-9,11,16H,4,7,10,12-13H2,1-2H3,(H,20,22)/t16-/m0/s1. The van der Waals surface area contributed by atoms with E-state index in [1.165, 1.54) is 4.31 Å². The molecule has 1 fully saturated rings. The Kier molecular flexibility index (Phi) is 6.31. The average molecular weight is 409 g/mol. The molecule has 0 spiro atoms. The summed E-state index contributed by atoms with van der Waals surface area (Å²) in [5, 5.41) is 4.56. The van der Waals surface area contributed by atoms with Gasteiger partial charge in [0.05, 0.1) is 12.6 Å². The van der Waals surface area contributed by atoms with Crippen LogP contribution in [0.2, 0.25) is 0 Å². The van der Waals surface area contributed by atoms with Gasteiger partial charge in [0.15, 0.2) is 0 Å². The van der Waals surface area contributed by atoms with Crippen LogP contribution in [0.1, 0.15) is 24.0 Å². The van der Waals surface area contributed by atoms with Gasteiger partial charge in [0.2, 0.25) is 5.91 Å². The first kappa shape index (κ1) is 20.0. The zero-order valence-electron chi connectivity index (χ0n) is 15.5. The van der Waals surface area contributed by atoms with E-state index in [4.69, 9.17) is 4.74 Å². The van der Waals surface area contributed by atoms with Gasteiger partial charge >= 0.3 is 0 Å². The highest BCUT2D eigenvalue weighted by molar-refractivity contribution is 7.91. The van der Waals surface area contributed by atoms with Crippen molar-refractivity contribution in [3.05, 3.63) is 46.8 Å². The third-order valence-electron chi connectivity index (χ3n) is 4.72. The predicted octanol–water partition coefficient (Wildman–Crippen LogP) is 3.17. The molecule has 1 aliphatic heterocycles. The molecule has 0 aliphatic carbocycles. The first-order valence-corrected chi connectivity index (χ1v) is 11.2. The Hall–Kier alpha value is -1.74. The van der Waals surface area contributed by atoms with Crippen molar-refractivity contribution in [2.75, 3.05) is 25.0 Å². The molecule has 0 saturated carbocycles. The summed E-state index contributed by atoms with van der Waals surface area (Å²) in [6.07, 6.45) is 1.54. The zero-order valence-corrected chi connectivity index (χ0v) is 17.1. The van der Waals surface area contributed by atoms with Crippen LogP contribution in [0.25, 0.3) is 0 Å². The van der Waals surface area contributed by atoms with Gasteiger partial charge < -0.3 is 10.1 Å². The number of benzene rings is 1. The molecular weight excluding hydrogens is 384 g/mol. The van der Waals surface area contributed by atoms with Crippen molar-refractivity contribution in [2.24, 2.45) is 0 Å². The molecule has 0 unspecified atom stereocenters. The van der Waals surface area contributed by atoms with E-state index in [0.717, 1.165) is 35.3 Å². The molecular formula is C19H24N2O4S2. The van der Waals surface area contributed by atoms with Gasteiger partial charge in [0.25, 0.3) is 10.0 Å². The summed E-state index contributed by atoms with van der Waals surface area (Å²) >= 11 is 1.15. The number of nitrogens with zero attached hydrogens (tertiary/aromatic N) is 1. The van der Waals surface area contributed by atoms with Crippen LogP contribution < -0.4 is 5.32 Å². The summed E-state index contributed by atoms with van der Waals surface area (Å²) in [4.78, 5) is 12.6. The van der Waals surface area contributed by atoms with E-state index in [9.17, 15) is 13.2 Å². The number of ether oxygens (including phenoxy) is 1. The smallest absolute Gasteiger partial charge is 0.253 e. The second kappa shape index (κ2) is 8.52. The van der Waals surface area contributed by atoms with Crippen LogP contribution in [-0.4, -0.2) is 44.4 Å². The maximum Gasteiger partial charge on any atom is 0.253 e. The second-order valence-corrected chi connectivity index (χ2v) is 9.77. The molecule has 1 aliphatic rings. The lowest BCUT2D eigenvalue weighted by molar-refractivity contribution is -0.116. The molecule has 1 amide bonds. The maximum absolute atomic E-state index is 13.0. The Bertz CT molecular complexity index is 888. The highest BCUT2D eigenvalue weighted by Gasteiger charge is 2.31. The van der Waals surface area contributed by atoms with Crippen molar-refractivity contribution in [1.29, 1.82) is 0 Å². The number of anilines is 1. The van der Waals surface area contributed by atoms with E-state index < -0.39 is 10.0 Å². The summed E-state index contributed by atoms with van der Waals surface area (Å²) in [5.41, 5.74) is 2.73. The minimum Gasteiger partial charge on any atom is -0.377 e. The Labute approximate surface area is 164 Å². The van der Waals surface area contributed by atoms with Gasteiger partial charge in [-0.05, 0) is 55.3 Å². The normalized spacial score (nSPS) is 17.4. The van der Waals surface area contributed by atoms with Crippen molar-refractivity contribution in [3.63, 3.8) is 0 Å². The first-order valence-electron chi connectivity index (χ1n) is 8.89. The van der Waals surface area contributed by atoms with E-state index in [0.29, 0.717) is 12.3 Å². The monoisotopic (exact) mass is 408 g/mol. The van der Waals surface area contributed by atoms with Gasteiger partial charge in [-0.3, -0.25) is 4.79 Å². The number of carbonyl (C=O) groups is 1. The van der Waals surface area contributed by atoms with Gasteiger partial charge in [0, 0.05) is 18.8 Å². The van der Waals surface area contributed by atoms with Crippen LogP contribution in [0.15, 0.2) is 39.9 Å². The highest BCUT2D eigenvalue weighted by Crippen LogP contribution is 2.24. The SMILES string of the molecule is Cc1cccc(NC(=O)CN(C[C@@H]2CCCO2)S(=O)(=O)c2cccs2)c1C. The second-order valence-electron chi connectivity index (χ2n) is 6.66. The van der Waals surface area contributed by atoms with Crippen molar-refractivity contribution in [1.82, 2.24) is 4.31 Å². The third kappa shape index (κ3) is 4.76. The third-order valence-corrected chi connectivity index (χ3v) is 7.90. The van der Waals surface area contributed by atoms with Gasteiger partial charge in [-0.1, -0.05) is 18.2 Å². The number of hydrogen-bond acceptors (Lipinski definition) is 5. The van der Waals surface area contributed by atoms with Crippen LogP contribution in [0.3, 0.4) is 0 Å². The van der Waals surface area contributed by atoms with Gasteiger partial charge in [0.1, 0.15) is 4.21 Å². The largest absolute Gasteiger partial charge is 0.377 e. The molecule has 1 aromatic heterocycles. The molecule has 3 rings (SSSR count). The number of carbonyl (C=O) groups excluding carboxylic acids is 1. The molecule has 1 atom stereocenters. The molecule has 0 radical (unpaired) electrons. The minimum absolute atomic E-state index is 0.173. The van der Waals surface area contributed by atoms with Crippen LogP contribution in [0.5, 0.6) is 0 Å². The molecule has 1 aromatic carbocycles. The Morgan fingerprint density at radius 3 is 2.78 bits per heavy atom. The molecule has 1 N–H and O–H groups in total. The molecule has 2 aromatic rings. The van der Waals surface area contributed by atoms with Crippen LogP contribution in [0, 0.1) is 13.8 Å². The van der Waals surface area contributed by atoms with Crippen molar-refractivity contribution >= 4 is 33.0 Å². The van der Waals surface area contributed by atoms with E-state index in [1.807, 2.05) is 32.0 Å².